The van der Waals surface area contributed by atoms with Gasteiger partial charge in [-0.25, -0.2) is 8.42 Å². The third-order valence-corrected chi connectivity index (χ3v) is 7.22. The van der Waals surface area contributed by atoms with Gasteiger partial charge in [0.1, 0.15) is 0 Å². The van der Waals surface area contributed by atoms with E-state index >= 15 is 0 Å². The van der Waals surface area contributed by atoms with Gasteiger partial charge in [-0.15, -0.1) is 0 Å². The summed E-state index contributed by atoms with van der Waals surface area (Å²) in [6.45, 7) is 1.49. The second-order valence-corrected chi connectivity index (χ2v) is 9.78. The summed E-state index contributed by atoms with van der Waals surface area (Å²) >= 11 is 0. The van der Waals surface area contributed by atoms with Crippen LogP contribution in [0.2, 0.25) is 0 Å². The van der Waals surface area contributed by atoms with Gasteiger partial charge in [-0.05, 0) is 48.9 Å². The summed E-state index contributed by atoms with van der Waals surface area (Å²) in [6.07, 6.45) is 0. The molecule has 7 heteroatoms. The molecule has 0 aliphatic carbocycles. The molecule has 0 aromatic heterocycles. The van der Waals surface area contributed by atoms with Crippen LogP contribution >= 0.6 is 0 Å². The van der Waals surface area contributed by atoms with Crippen molar-refractivity contribution >= 4 is 33.1 Å². The number of ketones is 1. The summed E-state index contributed by atoms with van der Waals surface area (Å²) in [7, 11) is -3.99. The van der Waals surface area contributed by atoms with E-state index in [1.165, 1.54) is 23.4 Å². The zero-order valence-electron chi connectivity index (χ0n) is 19.1. The molecule has 4 rings (SSSR count). The number of sulfonamides is 1. The van der Waals surface area contributed by atoms with Gasteiger partial charge in [0.05, 0.1) is 22.7 Å². The molecule has 0 unspecified atom stereocenters. The van der Waals surface area contributed by atoms with Crippen molar-refractivity contribution in [3.05, 3.63) is 126 Å². The smallest absolute Gasteiger partial charge is 0.264 e. The molecular weight excluding hydrogens is 460 g/mol. The van der Waals surface area contributed by atoms with Gasteiger partial charge in [-0.2, -0.15) is 0 Å². The van der Waals surface area contributed by atoms with Crippen LogP contribution in [0.15, 0.2) is 114 Å². The van der Waals surface area contributed by atoms with E-state index in [1.807, 2.05) is 30.3 Å². The van der Waals surface area contributed by atoms with Crippen molar-refractivity contribution in [1.82, 2.24) is 0 Å². The Morgan fingerprint density at radius 3 is 2.09 bits per heavy atom. The molecule has 0 aliphatic rings. The highest BCUT2D eigenvalue weighted by atomic mass is 32.2. The molecule has 1 amide bonds. The standard InChI is InChI=1S/C28H24N2O4S/c1-21(31)23-13-10-14-24(19-23)29-28(32)26-17-8-9-18-27(26)30(20-22-11-4-2-5-12-22)35(33,34)25-15-6-3-7-16-25/h2-19H,20H2,1H3,(H,29,32). The Morgan fingerprint density at radius 1 is 0.771 bits per heavy atom. The van der Waals surface area contributed by atoms with Crippen LogP contribution in [0.5, 0.6) is 0 Å². The van der Waals surface area contributed by atoms with Gasteiger partial charge in [-0.3, -0.25) is 13.9 Å². The fourth-order valence-electron chi connectivity index (χ4n) is 3.67. The number of carbonyl (C=O) groups excluding carboxylic acids is 2. The van der Waals surface area contributed by atoms with E-state index in [0.29, 0.717) is 11.3 Å². The van der Waals surface area contributed by atoms with Gasteiger partial charge >= 0.3 is 0 Å². The zero-order chi connectivity index (χ0) is 24.8. The highest BCUT2D eigenvalue weighted by Gasteiger charge is 2.28. The summed E-state index contributed by atoms with van der Waals surface area (Å²) < 4.78 is 28.7. The summed E-state index contributed by atoms with van der Waals surface area (Å²) in [5, 5.41) is 2.79. The lowest BCUT2D eigenvalue weighted by Gasteiger charge is -2.26. The molecule has 0 saturated heterocycles. The number of nitrogens with one attached hydrogen (secondary N) is 1. The predicted octanol–water partition coefficient (Wildman–Crippen LogP) is 5.54. The molecule has 6 nitrogen and oxygen atoms in total. The van der Waals surface area contributed by atoms with Crippen LogP contribution in [-0.4, -0.2) is 20.1 Å². The maximum Gasteiger partial charge on any atom is 0.264 e. The van der Waals surface area contributed by atoms with E-state index in [2.05, 4.69) is 5.32 Å². The zero-order valence-corrected chi connectivity index (χ0v) is 19.9. The van der Waals surface area contributed by atoms with Crippen LogP contribution in [0.1, 0.15) is 33.2 Å². The lowest BCUT2D eigenvalue weighted by atomic mass is 10.1. The molecule has 0 heterocycles. The van der Waals surface area contributed by atoms with Gasteiger partial charge in [0.25, 0.3) is 15.9 Å². The van der Waals surface area contributed by atoms with Crippen LogP contribution in [0.4, 0.5) is 11.4 Å². The first-order valence-electron chi connectivity index (χ1n) is 11.0. The molecule has 0 fully saturated rings. The van der Waals surface area contributed by atoms with Crippen LogP contribution in [0.25, 0.3) is 0 Å². The van der Waals surface area contributed by atoms with Crippen molar-refractivity contribution < 1.29 is 18.0 Å². The summed E-state index contributed by atoms with van der Waals surface area (Å²) in [5.74, 6) is -0.605. The van der Waals surface area contributed by atoms with Crippen molar-refractivity contribution in [1.29, 1.82) is 0 Å². The summed E-state index contributed by atoms with van der Waals surface area (Å²) in [4.78, 5) is 25.2. The van der Waals surface area contributed by atoms with E-state index in [0.717, 1.165) is 5.56 Å². The Morgan fingerprint density at radius 2 is 1.40 bits per heavy atom. The van der Waals surface area contributed by atoms with Crippen molar-refractivity contribution in [2.24, 2.45) is 0 Å². The van der Waals surface area contributed by atoms with E-state index in [-0.39, 0.29) is 28.5 Å². The second-order valence-electron chi connectivity index (χ2n) is 7.92. The molecule has 0 radical (unpaired) electrons. The number of amides is 1. The first-order chi connectivity index (χ1) is 16.9. The fourth-order valence-corrected chi connectivity index (χ4v) is 5.16. The Labute approximate surface area is 204 Å². The molecule has 0 aliphatic heterocycles. The Hall–Kier alpha value is -4.23. The number of carbonyl (C=O) groups is 2. The topological polar surface area (TPSA) is 83.6 Å². The van der Waals surface area contributed by atoms with Gasteiger partial charge in [0, 0.05) is 11.3 Å². The van der Waals surface area contributed by atoms with Crippen molar-refractivity contribution in [2.45, 2.75) is 18.4 Å². The van der Waals surface area contributed by atoms with Gasteiger partial charge < -0.3 is 5.32 Å². The minimum absolute atomic E-state index is 0.0438. The summed E-state index contributed by atoms with van der Waals surface area (Å²) in [5.41, 5.74) is 2.12. The van der Waals surface area contributed by atoms with E-state index in [9.17, 15) is 18.0 Å². The number of Topliss-reactive ketones (excluding diaryl/α,β-unsaturated/α-hetero) is 1. The van der Waals surface area contributed by atoms with E-state index in [1.54, 1.807) is 66.7 Å². The minimum atomic E-state index is -3.99. The number of benzene rings is 4. The number of rotatable bonds is 8. The third-order valence-electron chi connectivity index (χ3n) is 5.44. The molecule has 4 aromatic carbocycles. The first-order valence-corrected chi connectivity index (χ1v) is 12.4. The largest absolute Gasteiger partial charge is 0.322 e. The quantitative estimate of drug-likeness (QED) is 0.333. The van der Waals surface area contributed by atoms with Crippen molar-refractivity contribution in [3.8, 4) is 0 Å². The number of para-hydroxylation sites is 1. The lowest BCUT2D eigenvalue weighted by Crippen LogP contribution is -2.32. The van der Waals surface area contributed by atoms with Gasteiger partial charge in [-0.1, -0.05) is 72.8 Å². The van der Waals surface area contributed by atoms with Crippen molar-refractivity contribution in [2.75, 3.05) is 9.62 Å². The van der Waals surface area contributed by atoms with E-state index < -0.39 is 15.9 Å². The van der Waals surface area contributed by atoms with Gasteiger partial charge in [0.15, 0.2) is 5.78 Å². The highest BCUT2D eigenvalue weighted by Crippen LogP contribution is 2.30. The summed E-state index contributed by atoms with van der Waals surface area (Å²) in [6, 6.07) is 30.5. The second kappa shape index (κ2) is 10.4. The average molecular weight is 485 g/mol. The molecule has 1 N–H and O–H groups in total. The molecule has 0 atom stereocenters. The van der Waals surface area contributed by atoms with Crippen LogP contribution in [0.3, 0.4) is 0 Å². The minimum Gasteiger partial charge on any atom is -0.322 e. The number of hydrogen-bond acceptors (Lipinski definition) is 4. The Balaban J connectivity index is 1.77. The molecular formula is C28H24N2O4S. The highest BCUT2D eigenvalue weighted by molar-refractivity contribution is 7.92. The maximum absolute atomic E-state index is 13.7. The molecule has 0 saturated carbocycles. The maximum atomic E-state index is 13.7. The van der Waals surface area contributed by atoms with Crippen molar-refractivity contribution in [3.63, 3.8) is 0 Å². The van der Waals surface area contributed by atoms with Gasteiger partial charge in [0.2, 0.25) is 0 Å². The first kappa shape index (κ1) is 23.9. The Bertz CT molecular complexity index is 1450. The predicted molar refractivity (Wildman–Crippen MR) is 137 cm³/mol. The molecule has 176 valence electrons. The number of anilines is 2. The van der Waals surface area contributed by atoms with Crippen LogP contribution in [-0.2, 0) is 16.6 Å². The molecule has 0 spiro atoms. The lowest BCUT2D eigenvalue weighted by molar-refractivity contribution is 0.101. The normalized spacial score (nSPS) is 11.0. The molecule has 4 aromatic rings. The SMILES string of the molecule is CC(=O)c1cccc(NC(=O)c2ccccc2N(Cc2ccccc2)S(=O)(=O)c2ccccc2)c1. The number of nitrogens with zero attached hydrogens (tertiary/aromatic N) is 1. The van der Waals surface area contributed by atoms with Crippen LogP contribution in [0, 0.1) is 0 Å². The fraction of sp³-hybridized carbons (Fsp3) is 0.0714. The number of hydrogen-bond donors (Lipinski definition) is 1. The third kappa shape index (κ3) is 5.47. The van der Waals surface area contributed by atoms with E-state index in [4.69, 9.17) is 0 Å². The average Bonchev–Trinajstić information content (AvgIpc) is 2.88. The van der Waals surface area contributed by atoms with Crippen LogP contribution < -0.4 is 9.62 Å². The Kier molecular flexibility index (Phi) is 7.08. The molecule has 35 heavy (non-hydrogen) atoms. The monoisotopic (exact) mass is 484 g/mol. The molecule has 0 bridgehead atoms.